The number of hydrogen-bond donors (Lipinski definition) is 2. The highest BCUT2D eigenvalue weighted by Gasteiger charge is 2.11. The van der Waals surface area contributed by atoms with Gasteiger partial charge in [-0.1, -0.05) is 0 Å². The quantitative estimate of drug-likeness (QED) is 0.813. The van der Waals surface area contributed by atoms with E-state index < -0.39 is 11.9 Å². The van der Waals surface area contributed by atoms with Crippen molar-refractivity contribution in [3.63, 3.8) is 0 Å². The summed E-state index contributed by atoms with van der Waals surface area (Å²) in [4.78, 5) is 26.4. The third-order valence-electron chi connectivity index (χ3n) is 2.81. The molecule has 0 amide bonds. The van der Waals surface area contributed by atoms with Crippen LogP contribution in [0.2, 0.25) is 0 Å². The second-order valence-corrected chi connectivity index (χ2v) is 4.25. The van der Waals surface area contributed by atoms with E-state index in [0.717, 1.165) is 0 Å². The van der Waals surface area contributed by atoms with Crippen LogP contribution in [0.1, 0.15) is 32.4 Å². The van der Waals surface area contributed by atoms with Crippen molar-refractivity contribution < 1.29 is 23.8 Å². The van der Waals surface area contributed by atoms with Crippen molar-refractivity contribution in [2.75, 3.05) is 12.4 Å². The Morgan fingerprint density at radius 3 is 2.67 bits per heavy atom. The lowest BCUT2D eigenvalue weighted by Crippen LogP contribution is -2.07. The molecule has 2 heterocycles. The number of hydrogen-bond acceptors (Lipinski definition) is 6. The minimum atomic E-state index is -1.11. The SMILES string of the molecule is COC(=O)c1ccc(NCc2ccc(C(=O)O)o2)nc1C. The fraction of sp³-hybridized carbons (Fsp3) is 0.214. The van der Waals surface area contributed by atoms with Crippen LogP contribution in [0.25, 0.3) is 0 Å². The van der Waals surface area contributed by atoms with Crippen molar-refractivity contribution in [3.8, 4) is 0 Å². The molecule has 7 nitrogen and oxygen atoms in total. The normalized spacial score (nSPS) is 10.2. The maximum atomic E-state index is 11.4. The zero-order valence-electron chi connectivity index (χ0n) is 11.5. The highest BCUT2D eigenvalue weighted by Crippen LogP contribution is 2.14. The maximum Gasteiger partial charge on any atom is 0.371 e. The van der Waals surface area contributed by atoms with Gasteiger partial charge in [0.25, 0.3) is 0 Å². The van der Waals surface area contributed by atoms with Crippen molar-refractivity contribution in [1.29, 1.82) is 0 Å². The average Bonchev–Trinajstić information content (AvgIpc) is 2.93. The molecular formula is C14H14N2O5. The number of carbonyl (C=O) groups excluding carboxylic acids is 1. The predicted molar refractivity (Wildman–Crippen MR) is 73.3 cm³/mol. The Hall–Kier alpha value is -2.83. The summed E-state index contributed by atoms with van der Waals surface area (Å²) in [7, 11) is 1.31. The summed E-state index contributed by atoms with van der Waals surface area (Å²) in [6.07, 6.45) is 0. The fourth-order valence-electron chi connectivity index (χ4n) is 1.75. The standard InChI is InChI=1S/C14H14N2O5/c1-8-10(14(19)20-2)4-6-12(16-8)15-7-9-3-5-11(21-9)13(17)18/h3-6H,7H2,1-2H3,(H,15,16)(H,17,18). The van der Waals surface area contributed by atoms with Gasteiger partial charge >= 0.3 is 11.9 Å². The molecule has 0 bridgehead atoms. The lowest BCUT2D eigenvalue weighted by molar-refractivity contribution is 0.0598. The Kier molecular flexibility index (Phi) is 4.22. The van der Waals surface area contributed by atoms with E-state index >= 15 is 0 Å². The smallest absolute Gasteiger partial charge is 0.371 e. The number of aromatic nitrogens is 1. The first kappa shape index (κ1) is 14.6. The van der Waals surface area contributed by atoms with Crippen molar-refractivity contribution in [3.05, 3.63) is 47.0 Å². The molecule has 0 atom stereocenters. The highest BCUT2D eigenvalue weighted by atomic mass is 16.5. The Morgan fingerprint density at radius 2 is 2.10 bits per heavy atom. The Balaban J connectivity index is 2.04. The van der Waals surface area contributed by atoms with Crippen LogP contribution < -0.4 is 5.32 Å². The van der Waals surface area contributed by atoms with Crippen LogP contribution in [-0.4, -0.2) is 29.1 Å². The van der Waals surface area contributed by atoms with E-state index in [4.69, 9.17) is 9.52 Å². The molecule has 0 aliphatic carbocycles. The van der Waals surface area contributed by atoms with E-state index in [1.807, 2.05) is 0 Å². The summed E-state index contributed by atoms with van der Waals surface area (Å²) >= 11 is 0. The molecule has 0 saturated carbocycles. The third-order valence-corrected chi connectivity index (χ3v) is 2.81. The van der Waals surface area contributed by atoms with Crippen molar-refractivity contribution in [1.82, 2.24) is 4.98 Å². The summed E-state index contributed by atoms with van der Waals surface area (Å²) in [5.74, 6) is -0.643. The molecule has 0 fully saturated rings. The number of aryl methyl sites for hydroxylation is 1. The molecule has 0 aromatic carbocycles. The van der Waals surface area contributed by atoms with Gasteiger partial charge in [0.1, 0.15) is 11.6 Å². The maximum absolute atomic E-state index is 11.4. The van der Waals surface area contributed by atoms with Gasteiger partial charge in [-0.15, -0.1) is 0 Å². The van der Waals surface area contributed by atoms with E-state index in [2.05, 4.69) is 15.0 Å². The zero-order valence-corrected chi connectivity index (χ0v) is 11.5. The predicted octanol–water partition coefficient (Wildman–Crippen LogP) is 2.08. The number of ether oxygens (including phenoxy) is 1. The van der Waals surface area contributed by atoms with E-state index in [-0.39, 0.29) is 12.3 Å². The molecule has 2 aromatic rings. The van der Waals surface area contributed by atoms with Crippen LogP contribution >= 0.6 is 0 Å². The molecule has 0 saturated heterocycles. The minimum Gasteiger partial charge on any atom is -0.475 e. The molecular weight excluding hydrogens is 276 g/mol. The molecule has 0 unspecified atom stereocenters. The molecule has 0 radical (unpaired) electrons. The van der Waals surface area contributed by atoms with Crippen molar-refractivity contribution >= 4 is 17.8 Å². The Morgan fingerprint density at radius 1 is 1.33 bits per heavy atom. The number of carboxylic acids is 1. The van der Waals surface area contributed by atoms with Crippen molar-refractivity contribution in [2.45, 2.75) is 13.5 Å². The van der Waals surface area contributed by atoms with Crippen LogP contribution in [0.15, 0.2) is 28.7 Å². The molecule has 2 N–H and O–H groups in total. The van der Waals surface area contributed by atoms with Gasteiger partial charge in [-0.2, -0.15) is 0 Å². The number of esters is 1. The third kappa shape index (κ3) is 3.38. The van der Waals surface area contributed by atoms with E-state index in [9.17, 15) is 9.59 Å². The number of nitrogens with zero attached hydrogens (tertiary/aromatic N) is 1. The van der Waals surface area contributed by atoms with Crippen LogP contribution in [0.3, 0.4) is 0 Å². The number of aromatic carboxylic acids is 1. The van der Waals surface area contributed by atoms with Gasteiger partial charge in [0.2, 0.25) is 5.76 Å². The first-order valence-corrected chi connectivity index (χ1v) is 6.13. The molecule has 0 aliphatic heterocycles. The number of anilines is 1. The van der Waals surface area contributed by atoms with Gasteiger partial charge in [-0.05, 0) is 31.2 Å². The summed E-state index contributed by atoms with van der Waals surface area (Å²) in [6, 6.07) is 6.21. The van der Waals surface area contributed by atoms with Gasteiger partial charge in [0.05, 0.1) is 24.9 Å². The second-order valence-electron chi connectivity index (χ2n) is 4.25. The number of carboxylic acid groups (broad SMARTS) is 1. The molecule has 110 valence electrons. The first-order chi connectivity index (χ1) is 10.0. The number of methoxy groups -OCH3 is 1. The fourth-order valence-corrected chi connectivity index (χ4v) is 1.75. The van der Waals surface area contributed by atoms with E-state index in [0.29, 0.717) is 22.8 Å². The molecule has 0 aliphatic rings. The van der Waals surface area contributed by atoms with Gasteiger partial charge < -0.3 is 19.6 Å². The van der Waals surface area contributed by atoms with Gasteiger partial charge in [-0.25, -0.2) is 14.6 Å². The topological polar surface area (TPSA) is 102 Å². The second kappa shape index (κ2) is 6.08. The number of furan rings is 1. The van der Waals surface area contributed by atoms with Crippen LogP contribution in [0.5, 0.6) is 0 Å². The highest BCUT2D eigenvalue weighted by molar-refractivity contribution is 5.90. The van der Waals surface area contributed by atoms with Gasteiger partial charge in [0.15, 0.2) is 0 Å². The number of pyridine rings is 1. The summed E-state index contributed by atoms with van der Waals surface area (Å²) in [5, 5.41) is 11.7. The van der Waals surface area contributed by atoms with E-state index in [1.54, 1.807) is 25.1 Å². The Labute approximate surface area is 120 Å². The van der Waals surface area contributed by atoms with E-state index in [1.165, 1.54) is 13.2 Å². The summed E-state index contributed by atoms with van der Waals surface area (Å²) in [6.45, 7) is 1.99. The van der Waals surface area contributed by atoms with Crippen molar-refractivity contribution in [2.24, 2.45) is 0 Å². The summed E-state index contributed by atoms with van der Waals surface area (Å²) < 4.78 is 9.75. The molecule has 2 rings (SSSR count). The Bertz CT molecular complexity index is 678. The molecule has 7 heteroatoms. The zero-order chi connectivity index (χ0) is 15.4. The van der Waals surface area contributed by atoms with Crippen LogP contribution in [0.4, 0.5) is 5.82 Å². The van der Waals surface area contributed by atoms with Crippen LogP contribution in [-0.2, 0) is 11.3 Å². The molecule has 2 aromatic heterocycles. The number of rotatable bonds is 5. The molecule has 0 spiro atoms. The minimum absolute atomic E-state index is 0.114. The lowest BCUT2D eigenvalue weighted by atomic mass is 10.2. The lowest BCUT2D eigenvalue weighted by Gasteiger charge is -2.07. The van der Waals surface area contributed by atoms with Crippen LogP contribution in [0, 0.1) is 6.92 Å². The number of nitrogens with one attached hydrogen (secondary N) is 1. The first-order valence-electron chi connectivity index (χ1n) is 6.13. The average molecular weight is 290 g/mol. The molecule has 21 heavy (non-hydrogen) atoms. The number of carbonyl (C=O) groups is 2. The monoisotopic (exact) mass is 290 g/mol. The van der Waals surface area contributed by atoms with Gasteiger partial charge in [0, 0.05) is 0 Å². The van der Waals surface area contributed by atoms with Gasteiger partial charge in [-0.3, -0.25) is 0 Å². The summed E-state index contributed by atoms with van der Waals surface area (Å²) in [5.41, 5.74) is 0.937. The largest absolute Gasteiger partial charge is 0.475 e.